The lowest BCUT2D eigenvalue weighted by molar-refractivity contribution is -0.140. The average Bonchev–Trinajstić information content (AvgIpc) is 2.80. The largest absolute Gasteiger partial charge is 0.489 e. The van der Waals surface area contributed by atoms with Crippen molar-refractivity contribution in [3.8, 4) is 5.75 Å². The highest BCUT2D eigenvalue weighted by atomic mass is 19.1. The number of amides is 1. The van der Waals surface area contributed by atoms with Crippen molar-refractivity contribution in [1.29, 1.82) is 0 Å². The molecule has 3 saturated carbocycles. The third kappa shape index (κ3) is 4.73. The molecule has 1 amide bonds. The van der Waals surface area contributed by atoms with Crippen LogP contribution in [-0.4, -0.2) is 30.8 Å². The summed E-state index contributed by atoms with van der Waals surface area (Å²) in [6, 6.07) is 8.57. The lowest BCUT2D eigenvalue weighted by Gasteiger charge is -2.53. The number of ether oxygens (including phenoxy) is 2. The zero-order valence-corrected chi connectivity index (χ0v) is 19.8. The minimum atomic E-state index is -0.192. The normalized spacial score (nSPS) is 31.9. The molecule has 32 heavy (non-hydrogen) atoms. The molecule has 1 aliphatic heterocycles. The van der Waals surface area contributed by atoms with Crippen molar-refractivity contribution >= 4 is 5.91 Å². The van der Waals surface area contributed by atoms with Crippen LogP contribution >= 0.6 is 0 Å². The van der Waals surface area contributed by atoms with Gasteiger partial charge in [-0.3, -0.25) is 4.79 Å². The van der Waals surface area contributed by atoms with Gasteiger partial charge < -0.3 is 14.8 Å². The van der Waals surface area contributed by atoms with Crippen LogP contribution in [0.15, 0.2) is 36.2 Å². The first-order chi connectivity index (χ1) is 15.3. The highest BCUT2D eigenvalue weighted by Crippen LogP contribution is 2.58. The molecule has 3 aliphatic carbocycles. The second kappa shape index (κ2) is 9.17. The van der Waals surface area contributed by atoms with Gasteiger partial charge in [-0.05, 0) is 100 Å². The third-order valence-electron chi connectivity index (χ3n) is 8.26. The first-order valence-corrected chi connectivity index (χ1v) is 12.3. The Bertz CT molecular complexity index is 820. The number of benzene rings is 1. The zero-order valence-electron chi connectivity index (χ0n) is 19.8. The summed E-state index contributed by atoms with van der Waals surface area (Å²) in [5.41, 5.74) is 1.84. The van der Waals surface area contributed by atoms with E-state index in [0.29, 0.717) is 24.9 Å². The van der Waals surface area contributed by atoms with Crippen molar-refractivity contribution in [2.75, 3.05) is 13.2 Å². The molecule has 0 spiro atoms. The fourth-order valence-electron chi connectivity index (χ4n) is 5.94. The van der Waals surface area contributed by atoms with Gasteiger partial charge in [0.25, 0.3) is 0 Å². The van der Waals surface area contributed by atoms with Crippen LogP contribution in [0.25, 0.3) is 0 Å². The van der Waals surface area contributed by atoms with E-state index in [1.807, 2.05) is 19.1 Å². The highest BCUT2D eigenvalue weighted by molar-refractivity contribution is 5.83. The maximum atomic E-state index is 13.3. The van der Waals surface area contributed by atoms with Crippen LogP contribution in [0.3, 0.4) is 0 Å². The van der Waals surface area contributed by atoms with E-state index in [0.717, 1.165) is 63.7 Å². The Balaban J connectivity index is 1.35. The molecule has 4 aliphatic rings. The number of rotatable bonds is 7. The molecule has 0 radical (unpaired) electrons. The summed E-state index contributed by atoms with van der Waals surface area (Å²) in [6.45, 7) is 7.15. The van der Waals surface area contributed by atoms with Crippen molar-refractivity contribution in [3.63, 3.8) is 0 Å². The van der Waals surface area contributed by atoms with E-state index >= 15 is 0 Å². The Hall–Kier alpha value is -1.88. The molecule has 4 fully saturated rings. The van der Waals surface area contributed by atoms with Crippen molar-refractivity contribution in [2.45, 2.75) is 95.6 Å². The lowest BCUT2D eigenvalue weighted by atomic mass is 9.51. The second-order valence-electron chi connectivity index (χ2n) is 10.8. The van der Waals surface area contributed by atoms with E-state index in [2.05, 4.69) is 31.3 Å². The summed E-state index contributed by atoms with van der Waals surface area (Å²) in [7, 11) is 0. The van der Waals surface area contributed by atoms with Gasteiger partial charge in [-0.25, -0.2) is 4.39 Å². The van der Waals surface area contributed by atoms with Gasteiger partial charge in [0.05, 0.1) is 11.9 Å². The second-order valence-corrected chi connectivity index (χ2v) is 10.8. The van der Waals surface area contributed by atoms with Crippen LogP contribution in [0.4, 0.5) is 4.39 Å². The van der Waals surface area contributed by atoms with E-state index in [9.17, 15) is 9.18 Å². The number of carbonyl (C=O) groups is 1. The molecule has 1 saturated heterocycles. The molecule has 0 aromatic heterocycles. The molecule has 176 valence electrons. The Morgan fingerprint density at radius 1 is 1.16 bits per heavy atom. The van der Waals surface area contributed by atoms with Gasteiger partial charge in [-0.1, -0.05) is 19.1 Å². The maximum absolute atomic E-state index is 13.3. The predicted molar refractivity (Wildman–Crippen MR) is 124 cm³/mol. The van der Waals surface area contributed by atoms with Crippen molar-refractivity contribution in [2.24, 2.45) is 5.41 Å². The van der Waals surface area contributed by atoms with Gasteiger partial charge in [-0.15, -0.1) is 0 Å². The molecule has 1 aromatic carbocycles. The van der Waals surface area contributed by atoms with E-state index in [1.54, 1.807) is 0 Å². The maximum Gasteiger partial charge on any atom is 0.226 e. The summed E-state index contributed by atoms with van der Waals surface area (Å²) >= 11 is 0. The number of halogens is 1. The van der Waals surface area contributed by atoms with Gasteiger partial charge in [0, 0.05) is 18.1 Å². The quantitative estimate of drug-likeness (QED) is 0.563. The number of carbonyl (C=O) groups excluding carboxylic acids is 1. The molecule has 1 N–H and O–H groups in total. The van der Waals surface area contributed by atoms with Gasteiger partial charge in [0.15, 0.2) is 0 Å². The SMILES string of the molecule is CC/C(=C\F)COc1ccc(C23CCC(C(=O)NC4CCOC(C)(C)C4)(CC2)CC3)cc1. The van der Waals surface area contributed by atoms with Gasteiger partial charge in [-0.2, -0.15) is 0 Å². The van der Waals surface area contributed by atoms with Crippen LogP contribution in [0.2, 0.25) is 0 Å². The monoisotopic (exact) mass is 443 g/mol. The van der Waals surface area contributed by atoms with Crippen LogP contribution in [0, 0.1) is 5.41 Å². The molecule has 4 nitrogen and oxygen atoms in total. The Labute approximate surface area is 191 Å². The molecule has 1 unspecified atom stereocenters. The summed E-state index contributed by atoms with van der Waals surface area (Å²) in [4.78, 5) is 13.3. The molecule has 1 aromatic rings. The average molecular weight is 444 g/mol. The summed E-state index contributed by atoms with van der Waals surface area (Å²) in [5, 5.41) is 3.39. The minimum absolute atomic E-state index is 0.154. The van der Waals surface area contributed by atoms with E-state index in [-0.39, 0.29) is 28.4 Å². The number of nitrogens with one attached hydrogen (secondary N) is 1. The molecular formula is C27H38FNO3. The van der Waals surface area contributed by atoms with Crippen LogP contribution < -0.4 is 10.1 Å². The topological polar surface area (TPSA) is 47.6 Å². The van der Waals surface area contributed by atoms with E-state index < -0.39 is 0 Å². The number of hydrogen-bond acceptors (Lipinski definition) is 3. The molecule has 5 rings (SSSR count). The summed E-state index contributed by atoms with van der Waals surface area (Å²) in [6.07, 6.45) is 9.15. The zero-order chi connectivity index (χ0) is 22.8. The fourth-order valence-corrected chi connectivity index (χ4v) is 5.94. The Kier molecular flexibility index (Phi) is 6.67. The minimum Gasteiger partial charge on any atom is -0.489 e. The first kappa shape index (κ1) is 23.3. The van der Waals surface area contributed by atoms with Crippen molar-refractivity contribution in [1.82, 2.24) is 5.32 Å². The predicted octanol–water partition coefficient (Wildman–Crippen LogP) is 5.99. The Morgan fingerprint density at radius 2 is 1.81 bits per heavy atom. The number of fused-ring (bicyclic) bond motifs is 3. The van der Waals surface area contributed by atoms with E-state index in [1.165, 1.54) is 5.56 Å². The Morgan fingerprint density at radius 3 is 2.38 bits per heavy atom. The van der Waals surface area contributed by atoms with Gasteiger partial charge in [0.2, 0.25) is 5.91 Å². The van der Waals surface area contributed by atoms with Gasteiger partial charge >= 0.3 is 0 Å². The molecule has 1 atom stereocenters. The standard InChI is InChI=1S/C27H38FNO3/c1-4-20(18-28)19-31-23-7-5-21(6-8-23)26-10-13-27(14-11-26,15-12-26)24(30)29-22-9-16-32-25(2,3)17-22/h5-8,18,22H,4,9-17,19H2,1-3H3,(H,29,30)/b20-18+. The van der Waals surface area contributed by atoms with E-state index in [4.69, 9.17) is 9.47 Å². The van der Waals surface area contributed by atoms with Crippen LogP contribution in [0.5, 0.6) is 5.75 Å². The highest BCUT2D eigenvalue weighted by Gasteiger charge is 2.53. The number of hydrogen-bond donors (Lipinski definition) is 1. The fraction of sp³-hybridized carbons (Fsp3) is 0.667. The molecule has 1 heterocycles. The summed E-state index contributed by atoms with van der Waals surface area (Å²) < 4.78 is 24.3. The molecule has 5 heteroatoms. The molecular weight excluding hydrogens is 405 g/mol. The lowest BCUT2D eigenvalue weighted by Crippen LogP contribution is -2.55. The smallest absolute Gasteiger partial charge is 0.226 e. The van der Waals surface area contributed by atoms with Crippen LogP contribution in [0.1, 0.15) is 84.1 Å². The third-order valence-corrected chi connectivity index (χ3v) is 8.26. The van der Waals surface area contributed by atoms with Crippen molar-refractivity contribution in [3.05, 3.63) is 41.7 Å². The first-order valence-electron chi connectivity index (χ1n) is 12.3. The van der Waals surface area contributed by atoms with Crippen LogP contribution in [-0.2, 0) is 14.9 Å². The van der Waals surface area contributed by atoms with Gasteiger partial charge in [0.1, 0.15) is 12.4 Å². The van der Waals surface area contributed by atoms with Crippen molar-refractivity contribution < 1.29 is 18.7 Å². The summed E-state index contributed by atoms with van der Waals surface area (Å²) in [5.74, 6) is 1.04. The molecule has 2 bridgehead atoms.